The minimum atomic E-state index is -0.186. The van der Waals surface area contributed by atoms with Gasteiger partial charge in [0, 0.05) is 19.6 Å². The number of rotatable bonds is 2. The van der Waals surface area contributed by atoms with Crippen LogP contribution in [0.15, 0.2) is 0 Å². The standard InChI is InChI=1S/C11H20N2O/c1-11(2,3)9(6-12)7-13-5-4-10(14)8-13/h9-10,14H,4-5,7-8H2,1-3H3/t9?,10-/m0/s1. The topological polar surface area (TPSA) is 47.3 Å². The number of nitriles is 1. The minimum Gasteiger partial charge on any atom is -0.392 e. The monoisotopic (exact) mass is 196 g/mol. The van der Waals surface area contributed by atoms with E-state index in [2.05, 4.69) is 31.7 Å². The molecule has 0 radical (unpaired) electrons. The van der Waals surface area contributed by atoms with E-state index in [1.807, 2.05) is 0 Å². The molecule has 0 bridgehead atoms. The number of hydrogen-bond donors (Lipinski definition) is 1. The molecule has 3 heteroatoms. The summed E-state index contributed by atoms with van der Waals surface area (Å²) < 4.78 is 0. The van der Waals surface area contributed by atoms with Crippen LogP contribution in [0.2, 0.25) is 0 Å². The molecular formula is C11H20N2O. The number of aliphatic hydroxyl groups excluding tert-OH is 1. The van der Waals surface area contributed by atoms with Gasteiger partial charge in [-0.1, -0.05) is 20.8 Å². The van der Waals surface area contributed by atoms with Gasteiger partial charge in [0.25, 0.3) is 0 Å². The summed E-state index contributed by atoms with van der Waals surface area (Å²) in [6.07, 6.45) is 0.664. The van der Waals surface area contributed by atoms with Crippen molar-refractivity contribution < 1.29 is 5.11 Å². The van der Waals surface area contributed by atoms with Crippen molar-refractivity contribution in [3.63, 3.8) is 0 Å². The molecule has 3 nitrogen and oxygen atoms in total. The van der Waals surface area contributed by atoms with Gasteiger partial charge in [-0.3, -0.25) is 4.90 Å². The Kier molecular flexibility index (Phi) is 3.52. The van der Waals surface area contributed by atoms with Gasteiger partial charge in [-0.25, -0.2) is 0 Å². The summed E-state index contributed by atoms with van der Waals surface area (Å²) in [6, 6.07) is 2.36. The first-order valence-electron chi connectivity index (χ1n) is 5.23. The van der Waals surface area contributed by atoms with Gasteiger partial charge in [0.05, 0.1) is 18.1 Å². The van der Waals surface area contributed by atoms with Crippen molar-refractivity contribution in [3.05, 3.63) is 0 Å². The molecule has 1 heterocycles. The third kappa shape index (κ3) is 2.97. The van der Waals surface area contributed by atoms with Crippen LogP contribution >= 0.6 is 0 Å². The van der Waals surface area contributed by atoms with Crippen LogP contribution in [0.4, 0.5) is 0 Å². The average molecular weight is 196 g/mol. The molecule has 1 aliphatic rings. The molecule has 0 amide bonds. The lowest BCUT2D eigenvalue weighted by atomic mass is 9.81. The molecule has 1 fully saturated rings. The van der Waals surface area contributed by atoms with E-state index in [4.69, 9.17) is 5.26 Å². The number of aliphatic hydroxyl groups is 1. The van der Waals surface area contributed by atoms with E-state index in [0.29, 0.717) is 0 Å². The molecule has 0 saturated carbocycles. The van der Waals surface area contributed by atoms with Crippen molar-refractivity contribution >= 4 is 0 Å². The second kappa shape index (κ2) is 4.29. The van der Waals surface area contributed by atoms with Crippen LogP contribution in [0, 0.1) is 22.7 Å². The number of β-amino-alcohol motifs (C(OH)–C–C–N with tert-alkyl or cyclic N) is 1. The van der Waals surface area contributed by atoms with Crippen molar-refractivity contribution in [2.45, 2.75) is 33.3 Å². The van der Waals surface area contributed by atoms with Gasteiger partial charge in [0.15, 0.2) is 0 Å². The lowest BCUT2D eigenvalue weighted by Crippen LogP contribution is -2.33. The first-order chi connectivity index (χ1) is 6.43. The first kappa shape index (κ1) is 11.5. The molecule has 0 aromatic carbocycles. The molecule has 0 aromatic heterocycles. The zero-order valence-corrected chi connectivity index (χ0v) is 9.32. The minimum absolute atomic E-state index is 0.0301. The van der Waals surface area contributed by atoms with Gasteiger partial charge < -0.3 is 5.11 Å². The van der Waals surface area contributed by atoms with Gasteiger partial charge in [0.1, 0.15) is 0 Å². The Bertz CT molecular complexity index is 226. The van der Waals surface area contributed by atoms with E-state index in [1.165, 1.54) is 0 Å². The Labute approximate surface area is 86.3 Å². The molecule has 14 heavy (non-hydrogen) atoms. The fourth-order valence-electron chi connectivity index (χ4n) is 1.74. The normalized spacial score (nSPS) is 26.1. The van der Waals surface area contributed by atoms with Crippen LogP contribution < -0.4 is 0 Å². The highest BCUT2D eigenvalue weighted by atomic mass is 16.3. The van der Waals surface area contributed by atoms with E-state index < -0.39 is 0 Å². The van der Waals surface area contributed by atoms with Gasteiger partial charge in [-0.05, 0) is 11.8 Å². The largest absolute Gasteiger partial charge is 0.392 e. The van der Waals surface area contributed by atoms with Gasteiger partial charge in [0.2, 0.25) is 0 Å². The molecule has 2 atom stereocenters. The first-order valence-corrected chi connectivity index (χ1v) is 5.23. The molecule has 1 rings (SSSR count). The van der Waals surface area contributed by atoms with Crippen LogP contribution in [0.3, 0.4) is 0 Å². The highest BCUT2D eigenvalue weighted by Gasteiger charge is 2.29. The summed E-state index contributed by atoms with van der Waals surface area (Å²) in [5, 5.41) is 18.4. The summed E-state index contributed by atoms with van der Waals surface area (Å²) >= 11 is 0. The highest BCUT2D eigenvalue weighted by molar-refractivity contribution is 4.94. The average Bonchev–Trinajstić information content (AvgIpc) is 2.45. The lowest BCUT2D eigenvalue weighted by Gasteiger charge is -2.28. The Hall–Kier alpha value is -0.590. The number of hydrogen-bond acceptors (Lipinski definition) is 3. The maximum Gasteiger partial charge on any atom is 0.0679 e. The third-order valence-corrected chi connectivity index (χ3v) is 2.89. The maximum absolute atomic E-state index is 9.36. The summed E-state index contributed by atoms with van der Waals surface area (Å²) in [4.78, 5) is 2.18. The zero-order chi connectivity index (χ0) is 10.8. The van der Waals surface area contributed by atoms with Crippen molar-refractivity contribution in [1.82, 2.24) is 4.90 Å². The SMILES string of the molecule is CC(C)(C)C(C#N)CN1CC[C@H](O)C1. The molecule has 80 valence electrons. The quantitative estimate of drug-likeness (QED) is 0.723. The van der Waals surface area contributed by atoms with E-state index in [-0.39, 0.29) is 17.4 Å². The van der Waals surface area contributed by atoms with Crippen molar-refractivity contribution in [2.24, 2.45) is 11.3 Å². The number of nitrogens with zero attached hydrogens (tertiary/aromatic N) is 2. The molecule has 1 unspecified atom stereocenters. The van der Waals surface area contributed by atoms with Crippen LogP contribution in [0.1, 0.15) is 27.2 Å². The smallest absolute Gasteiger partial charge is 0.0679 e. The van der Waals surface area contributed by atoms with Crippen LogP contribution in [-0.4, -0.2) is 35.7 Å². The fourth-order valence-corrected chi connectivity index (χ4v) is 1.74. The van der Waals surface area contributed by atoms with Crippen LogP contribution in [0.25, 0.3) is 0 Å². The van der Waals surface area contributed by atoms with Crippen LogP contribution in [-0.2, 0) is 0 Å². The number of likely N-dealkylation sites (tertiary alicyclic amines) is 1. The van der Waals surface area contributed by atoms with Crippen molar-refractivity contribution in [2.75, 3.05) is 19.6 Å². The third-order valence-electron chi connectivity index (χ3n) is 2.89. The summed E-state index contributed by atoms with van der Waals surface area (Å²) in [6.45, 7) is 8.72. The maximum atomic E-state index is 9.36. The Morgan fingerprint density at radius 2 is 2.21 bits per heavy atom. The summed E-state index contributed by atoms with van der Waals surface area (Å²) in [5.74, 6) is 0.0489. The second-order valence-corrected chi connectivity index (χ2v) is 5.25. The molecule has 0 aliphatic carbocycles. The highest BCUT2D eigenvalue weighted by Crippen LogP contribution is 2.27. The Balaban J connectivity index is 2.46. The summed E-state index contributed by atoms with van der Waals surface area (Å²) in [5.41, 5.74) is 0.0301. The van der Waals surface area contributed by atoms with E-state index in [1.54, 1.807) is 0 Å². The van der Waals surface area contributed by atoms with Crippen molar-refractivity contribution in [3.8, 4) is 6.07 Å². The van der Waals surface area contributed by atoms with Crippen LogP contribution in [0.5, 0.6) is 0 Å². The van der Waals surface area contributed by atoms with Gasteiger partial charge in [-0.15, -0.1) is 0 Å². The molecule has 0 spiro atoms. The summed E-state index contributed by atoms with van der Waals surface area (Å²) in [7, 11) is 0. The second-order valence-electron chi connectivity index (χ2n) is 5.25. The molecule has 0 aromatic rings. The molecular weight excluding hydrogens is 176 g/mol. The Morgan fingerprint density at radius 1 is 1.57 bits per heavy atom. The van der Waals surface area contributed by atoms with E-state index in [9.17, 15) is 5.11 Å². The van der Waals surface area contributed by atoms with Crippen molar-refractivity contribution in [1.29, 1.82) is 5.26 Å². The fraction of sp³-hybridized carbons (Fsp3) is 0.909. The molecule has 1 saturated heterocycles. The predicted molar refractivity (Wildman–Crippen MR) is 55.6 cm³/mol. The van der Waals surface area contributed by atoms with Gasteiger partial charge >= 0.3 is 0 Å². The van der Waals surface area contributed by atoms with E-state index >= 15 is 0 Å². The lowest BCUT2D eigenvalue weighted by molar-refractivity contribution is 0.159. The molecule has 1 N–H and O–H groups in total. The molecule has 1 aliphatic heterocycles. The Morgan fingerprint density at radius 3 is 2.57 bits per heavy atom. The predicted octanol–water partition coefficient (Wildman–Crippen LogP) is 1.24. The van der Waals surface area contributed by atoms with Gasteiger partial charge in [-0.2, -0.15) is 5.26 Å². The zero-order valence-electron chi connectivity index (χ0n) is 9.32. The van der Waals surface area contributed by atoms with E-state index in [0.717, 1.165) is 26.1 Å².